The van der Waals surface area contributed by atoms with E-state index in [9.17, 15) is 4.79 Å². The molecule has 0 N–H and O–H groups in total. The summed E-state index contributed by atoms with van der Waals surface area (Å²) in [7, 11) is 0. The summed E-state index contributed by atoms with van der Waals surface area (Å²) in [5.41, 5.74) is 3.04. The summed E-state index contributed by atoms with van der Waals surface area (Å²) in [6.07, 6.45) is 0.936. The average Bonchev–Trinajstić information content (AvgIpc) is 2.56. The molecule has 0 aromatic heterocycles. The van der Waals surface area contributed by atoms with Crippen LogP contribution in [-0.2, 0) is 0 Å². The lowest BCUT2D eigenvalue weighted by molar-refractivity contribution is 0.112. The van der Waals surface area contributed by atoms with Crippen LogP contribution in [0.4, 0.5) is 11.4 Å². The molecule has 21 heavy (non-hydrogen) atoms. The molecule has 1 aliphatic heterocycles. The van der Waals surface area contributed by atoms with Crippen LogP contribution >= 0.6 is 15.9 Å². The van der Waals surface area contributed by atoms with E-state index in [1.54, 1.807) is 0 Å². The molecule has 0 spiro atoms. The zero-order valence-corrected chi connectivity index (χ0v) is 13.3. The topological polar surface area (TPSA) is 23.6 Å². The van der Waals surface area contributed by atoms with Crippen LogP contribution in [0.1, 0.15) is 10.4 Å². The molecular formula is C17H17BrN2O. The van der Waals surface area contributed by atoms with Crippen LogP contribution in [0.3, 0.4) is 0 Å². The second-order valence-electron chi connectivity index (χ2n) is 5.13. The smallest absolute Gasteiger partial charge is 0.152 e. The number of nitrogens with zero attached hydrogens (tertiary/aromatic N) is 2. The van der Waals surface area contributed by atoms with Gasteiger partial charge in [-0.15, -0.1) is 0 Å². The molecule has 3 rings (SSSR count). The molecule has 4 heteroatoms. The van der Waals surface area contributed by atoms with Crippen molar-refractivity contribution < 1.29 is 4.79 Å². The Balaban J connectivity index is 1.74. The first kappa shape index (κ1) is 14.1. The zero-order chi connectivity index (χ0) is 14.7. The number of para-hydroxylation sites is 1. The Morgan fingerprint density at radius 3 is 2.24 bits per heavy atom. The SMILES string of the molecule is O=Cc1ccc(Br)cc1N1CCN(c2ccccc2)CC1. The van der Waals surface area contributed by atoms with Gasteiger partial charge in [0.05, 0.1) is 0 Å². The van der Waals surface area contributed by atoms with Crippen LogP contribution in [0.15, 0.2) is 53.0 Å². The normalized spacial score (nSPS) is 15.1. The van der Waals surface area contributed by atoms with E-state index in [-0.39, 0.29) is 0 Å². The van der Waals surface area contributed by atoms with E-state index >= 15 is 0 Å². The second-order valence-corrected chi connectivity index (χ2v) is 6.05. The van der Waals surface area contributed by atoms with Crippen molar-refractivity contribution in [1.82, 2.24) is 0 Å². The summed E-state index contributed by atoms with van der Waals surface area (Å²) in [5.74, 6) is 0. The first-order valence-electron chi connectivity index (χ1n) is 7.07. The predicted octanol–water partition coefficient (Wildman–Crippen LogP) is 3.59. The van der Waals surface area contributed by atoms with Gasteiger partial charge in [0.25, 0.3) is 0 Å². The molecule has 1 saturated heterocycles. The first-order valence-corrected chi connectivity index (χ1v) is 7.87. The molecule has 0 aliphatic carbocycles. The summed E-state index contributed by atoms with van der Waals surface area (Å²) < 4.78 is 1.01. The molecule has 1 aliphatic rings. The van der Waals surface area contributed by atoms with E-state index in [0.717, 1.165) is 48.2 Å². The number of carbonyl (C=O) groups is 1. The second kappa shape index (κ2) is 6.31. The van der Waals surface area contributed by atoms with Crippen LogP contribution in [0.2, 0.25) is 0 Å². The number of halogens is 1. The minimum Gasteiger partial charge on any atom is -0.368 e. The molecule has 1 fully saturated rings. The largest absolute Gasteiger partial charge is 0.368 e. The lowest BCUT2D eigenvalue weighted by Gasteiger charge is -2.37. The Bertz CT molecular complexity index is 622. The average molecular weight is 345 g/mol. The molecule has 0 unspecified atom stereocenters. The lowest BCUT2D eigenvalue weighted by Crippen LogP contribution is -2.46. The number of hydrogen-bond donors (Lipinski definition) is 0. The van der Waals surface area contributed by atoms with Gasteiger partial charge in [0.1, 0.15) is 0 Å². The van der Waals surface area contributed by atoms with Crippen molar-refractivity contribution in [1.29, 1.82) is 0 Å². The molecule has 0 amide bonds. The van der Waals surface area contributed by atoms with Gasteiger partial charge in [-0.2, -0.15) is 0 Å². The third-order valence-corrected chi connectivity index (χ3v) is 4.35. The van der Waals surface area contributed by atoms with Crippen molar-refractivity contribution >= 4 is 33.6 Å². The van der Waals surface area contributed by atoms with Crippen molar-refractivity contribution in [3.63, 3.8) is 0 Å². The van der Waals surface area contributed by atoms with Crippen molar-refractivity contribution in [3.8, 4) is 0 Å². The van der Waals surface area contributed by atoms with Gasteiger partial charge in [-0.05, 0) is 30.3 Å². The van der Waals surface area contributed by atoms with Crippen LogP contribution in [0.25, 0.3) is 0 Å². The van der Waals surface area contributed by atoms with E-state index < -0.39 is 0 Å². The molecular weight excluding hydrogens is 328 g/mol. The summed E-state index contributed by atoms with van der Waals surface area (Å²) in [6, 6.07) is 16.3. The minimum atomic E-state index is 0.756. The van der Waals surface area contributed by atoms with Gasteiger partial charge in [0, 0.05) is 47.6 Å². The van der Waals surface area contributed by atoms with E-state index in [1.807, 2.05) is 24.3 Å². The predicted molar refractivity (Wildman–Crippen MR) is 90.4 cm³/mol. The Morgan fingerprint density at radius 2 is 1.57 bits per heavy atom. The third kappa shape index (κ3) is 3.10. The Morgan fingerprint density at radius 1 is 0.905 bits per heavy atom. The maximum Gasteiger partial charge on any atom is 0.152 e. The van der Waals surface area contributed by atoms with Gasteiger partial charge < -0.3 is 9.80 Å². The maximum atomic E-state index is 11.2. The van der Waals surface area contributed by atoms with E-state index in [4.69, 9.17) is 0 Å². The van der Waals surface area contributed by atoms with Gasteiger partial charge in [-0.3, -0.25) is 4.79 Å². The lowest BCUT2D eigenvalue weighted by atomic mass is 10.1. The fraction of sp³-hybridized carbons (Fsp3) is 0.235. The molecule has 0 atom stereocenters. The molecule has 0 saturated carbocycles. The van der Waals surface area contributed by atoms with Gasteiger partial charge >= 0.3 is 0 Å². The molecule has 2 aromatic rings. The summed E-state index contributed by atoms with van der Waals surface area (Å²) in [4.78, 5) is 15.9. The number of benzene rings is 2. The monoisotopic (exact) mass is 344 g/mol. The van der Waals surface area contributed by atoms with E-state index in [1.165, 1.54) is 5.69 Å². The Hall–Kier alpha value is -1.81. The number of carbonyl (C=O) groups excluding carboxylic acids is 1. The quantitative estimate of drug-likeness (QED) is 0.795. The summed E-state index contributed by atoms with van der Waals surface area (Å²) in [6.45, 7) is 3.78. The maximum absolute atomic E-state index is 11.2. The van der Waals surface area contributed by atoms with Gasteiger partial charge in [0.15, 0.2) is 6.29 Å². The van der Waals surface area contributed by atoms with Crippen molar-refractivity contribution in [3.05, 3.63) is 58.6 Å². The Kier molecular flexibility index (Phi) is 4.25. The molecule has 0 radical (unpaired) electrons. The van der Waals surface area contributed by atoms with Crippen LogP contribution in [-0.4, -0.2) is 32.5 Å². The minimum absolute atomic E-state index is 0.756. The van der Waals surface area contributed by atoms with Crippen molar-refractivity contribution in [2.75, 3.05) is 36.0 Å². The van der Waals surface area contributed by atoms with Crippen LogP contribution in [0.5, 0.6) is 0 Å². The van der Waals surface area contributed by atoms with Gasteiger partial charge in [0.2, 0.25) is 0 Å². The Labute approximate surface area is 133 Å². The fourth-order valence-corrected chi connectivity index (χ4v) is 3.08. The van der Waals surface area contributed by atoms with E-state index in [2.05, 4.69) is 50.0 Å². The zero-order valence-electron chi connectivity index (χ0n) is 11.7. The highest BCUT2D eigenvalue weighted by atomic mass is 79.9. The van der Waals surface area contributed by atoms with Crippen LogP contribution in [0, 0.1) is 0 Å². The first-order chi connectivity index (χ1) is 10.3. The number of anilines is 2. The number of rotatable bonds is 3. The molecule has 3 nitrogen and oxygen atoms in total. The standard InChI is InChI=1S/C17H17BrN2O/c18-15-7-6-14(13-21)17(12-15)20-10-8-19(9-11-20)16-4-2-1-3-5-16/h1-7,12-13H,8-11H2. The highest BCUT2D eigenvalue weighted by Crippen LogP contribution is 2.26. The summed E-state index contributed by atoms with van der Waals surface area (Å²) >= 11 is 3.49. The van der Waals surface area contributed by atoms with E-state index in [0.29, 0.717) is 0 Å². The molecule has 108 valence electrons. The fourth-order valence-electron chi connectivity index (χ4n) is 2.73. The molecule has 2 aromatic carbocycles. The highest BCUT2D eigenvalue weighted by Gasteiger charge is 2.19. The molecule has 1 heterocycles. The number of aldehydes is 1. The molecule has 0 bridgehead atoms. The van der Waals surface area contributed by atoms with Crippen molar-refractivity contribution in [2.45, 2.75) is 0 Å². The summed E-state index contributed by atoms with van der Waals surface area (Å²) in [5, 5.41) is 0. The number of hydrogen-bond acceptors (Lipinski definition) is 3. The van der Waals surface area contributed by atoms with Gasteiger partial charge in [-0.1, -0.05) is 34.1 Å². The van der Waals surface area contributed by atoms with Gasteiger partial charge in [-0.25, -0.2) is 0 Å². The van der Waals surface area contributed by atoms with Crippen LogP contribution < -0.4 is 9.80 Å². The highest BCUT2D eigenvalue weighted by molar-refractivity contribution is 9.10. The third-order valence-electron chi connectivity index (χ3n) is 3.86. The number of piperazine rings is 1. The van der Waals surface area contributed by atoms with Crippen molar-refractivity contribution in [2.24, 2.45) is 0 Å².